The normalized spacial score (nSPS) is 13.1. The lowest BCUT2D eigenvalue weighted by atomic mass is 10.1. The molecule has 0 spiro atoms. The van der Waals surface area contributed by atoms with Crippen molar-refractivity contribution in [1.82, 2.24) is 0 Å². The number of fused-ring (bicyclic) bond motifs is 1. The van der Waals surface area contributed by atoms with Gasteiger partial charge >= 0.3 is 5.97 Å². The fourth-order valence-corrected chi connectivity index (χ4v) is 3.20. The minimum absolute atomic E-state index is 0.121. The molecule has 1 N–H and O–H groups in total. The number of methoxy groups -OCH3 is 1. The zero-order chi connectivity index (χ0) is 21.7. The number of hydrogen-bond donors (Lipinski definition) is 1. The van der Waals surface area contributed by atoms with Crippen LogP contribution in [0.25, 0.3) is 0 Å². The summed E-state index contributed by atoms with van der Waals surface area (Å²) in [6.07, 6.45) is 2.08. The van der Waals surface area contributed by atoms with Crippen molar-refractivity contribution >= 4 is 23.3 Å². The van der Waals surface area contributed by atoms with Gasteiger partial charge in [-0.2, -0.15) is 0 Å². The second-order valence-electron chi connectivity index (χ2n) is 6.84. The van der Waals surface area contributed by atoms with Crippen molar-refractivity contribution in [2.24, 2.45) is 0 Å². The van der Waals surface area contributed by atoms with Gasteiger partial charge in [0.1, 0.15) is 11.5 Å². The van der Waals surface area contributed by atoms with Crippen molar-refractivity contribution in [3.8, 4) is 11.5 Å². The number of anilines is 1. The number of rotatable bonds is 8. The van der Waals surface area contributed by atoms with E-state index in [-0.39, 0.29) is 23.7 Å². The third kappa shape index (κ3) is 5.05. The molecule has 158 valence electrons. The Morgan fingerprint density at radius 3 is 2.67 bits per heavy atom. The van der Waals surface area contributed by atoms with Gasteiger partial charge < -0.3 is 19.5 Å². The number of carbonyl (C=O) groups excluding carboxylic acids is 2. The highest BCUT2D eigenvalue weighted by Crippen LogP contribution is 2.29. The average Bonchev–Trinajstić information content (AvgIpc) is 3.20. The van der Waals surface area contributed by atoms with Crippen LogP contribution >= 0.6 is 0 Å². The van der Waals surface area contributed by atoms with Crippen LogP contribution in [0.3, 0.4) is 0 Å². The van der Waals surface area contributed by atoms with Crippen LogP contribution in [0.2, 0.25) is 0 Å². The van der Waals surface area contributed by atoms with E-state index in [1.165, 1.54) is 43.4 Å². The van der Waals surface area contributed by atoms with Gasteiger partial charge in [-0.15, -0.1) is 0 Å². The number of esters is 1. The van der Waals surface area contributed by atoms with E-state index >= 15 is 0 Å². The molecule has 0 aromatic heterocycles. The number of nitro benzene ring substituents is 1. The minimum Gasteiger partial charge on any atom is -0.494 e. The van der Waals surface area contributed by atoms with Gasteiger partial charge in [0.05, 0.1) is 23.8 Å². The number of non-ortho nitro benzene ring substituents is 1. The summed E-state index contributed by atoms with van der Waals surface area (Å²) in [7, 11) is 1.33. The maximum absolute atomic E-state index is 12.3. The maximum atomic E-state index is 12.3. The van der Waals surface area contributed by atoms with Gasteiger partial charge in [-0.1, -0.05) is 6.07 Å². The smallest absolute Gasteiger partial charge is 0.344 e. The topological polar surface area (TPSA) is 117 Å². The van der Waals surface area contributed by atoms with Crippen LogP contribution in [0.1, 0.15) is 24.5 Å². The number of aryl methyl sites for hydroxylation is 2. The lowest BCUT2D eigenvalue weighted by Crippen LogP contribution is -2.31. The summed E-state index contributed by atoms with van der Waals surface area (Å²) in [6.45, 7) is 1.09. The molecule has 30 heavy (non-hydrogen) atoms. The third-order valence-corrected chi connectivity index (χ3v) is 4.76. The molecule has 0 heterocycles. The zero-order valence-corrected chi connectivity index (χ0v) is 16.7. The average molecular weight is 414 g/mol. The molecule has 3 rings (SSSR count). The lowest BCUT2D eigenvalue weighted by molar-refractivity contribution is -0.384. The number of amides is 1. The Kier molecular flexibility index (Phi) is 6.51. The molecule has 9 nitrogen and oxygen atoms in total. The lowest BCUT2D eigenvalue weighted by Gasteiger charge is -2.15. The van der Waals surface area contributed by atoms with Crippen molar-refractivity contribution in [2.45, 2.75) is 32.3 Å². The fourth-order valence-electron chi connectivity index (χ4n) is 3.20. The van der Waals surface area contributed by atoms with E-state index in [4.69, 9.17) is 14.2 Å². The Morgan fingerprint density at radius 2 is 1.93 bits per heavy atom. The highest BCUT2D eigenvalue weighted by Gasteiger charge is 2.21. The summed E-state index contributed by atoms with van der Waals surface area (Å²) in [6, 6.07) is 9.51. The van der Waals surface area contributed by atoms with Crippen LogP contribution in [0.5, 0.6) is 11.5 Å². The van der Waals surface area contributed by atoms with Gasteiger partial charge in [0, 0.05) is 6.07 Å². The first kappa shape index (κ1) is 21.1. The van der Waals surface area contributed by atoms with E-state index in [0.717, 1.165) is 19.3 Å². The SMILES string of the molecule is COc1cc([N+](=O)[O-])ccc1NC(=O)[C@H](C)OC(=O)COc1ccc2c(c1)CCC2. The highest BCUT2D eigenvalue weighted by atomic mass is 16.6. The first-order chi connectivity index (χ1) is 14.4. The molecule has 0 radical (unpaired) electrons. The van der Waals surface area contributed by atoms with Gasteiger partial charge in [0.15, 0.2) is 12.7 Å². The summed E-state index contributed by atoms with van der Waals surface area (Å²) in [5.41, 5.74) is 2.58. The Bertz CT molecular complexity index is 974. The van der Waals surface area contributed by atoms with E-state index < -0.39 is 22.9 Å². The Hall–Kier alpha value is -3.62. The number of hydrogen-bond acceptors (Lipinski definition) is 7. The molecule has 0 unspecified atom stereocenters. The maximum Gasteiger partial charge on any atom is 0.344 e. The van der Waals surface area contributed by atoms with Crippen LogP contribution in [0.15, 0.2) is 36.4 Å². The molecular weight excluding hydrogens is 392 g/mol. The molecule has 1 aliphatic rings. The fraction of sp³-hybridized carbons (Fsp3) is 0.333. The summed E-state index contributed by atoms with van der Waals surface area (Å²) in [5, 5.41) is 13.4. The number of carbonyl (C=O) groups is 2. The van der Waals surface area contributed by atoms with E-state index in [2.05, 4.69) is 5.32 Å². The molecule has 0 saturated carbocycles. The number of nitrogens with zero attached hydrogens (tertiary/aromatic N) is 1. The predicted molar refractivity (Wildman–Crippen MR) is 108 cm³/mol. The number of nitro groups is 1. The summed E-state index contributed by atoms with van der Waals surface area (Å²) in [5.74, 6) is -0.585. The quantitative estimate of drug-likeness (QED) is 0.401. The van der Waals surface area contributed by atoms with Crippen molar-refractivity contribution < 1.29 is 28.7 Å². The van der Waals surface area contributed by atoms with Crippen molar-refractivity contribution in [2.75, 3.05) is 19.0 Å². The van der Waals surface area contributed by atoms with Gasteiger partial charge in [0.2, 0.25) is 0 Å². The molecule has 0 aliphatic heterocycles. The van der Waals surface area contributed by atoms with Gasteiger partial charge in [-0.05, 0) is 55.5 Å². The van der Waals surface area contributed by atoms with Crippen LogP contribution < -0.4 is 14.8 Å². The highest BCUT2D eigenvalue weighted by molar-refractivity contribution is 5.96. The number of nitrogens with one attached hydrogen (secondary N) is 1. The van der Waals surface area contributed by atoms with Gasteiger partial charge in [-0.25, -0.2) is 4.79 Å². The van der Waals surface area contributed by atoms with Gasteiger partial charge in [0.25, 0.3) is 11.6 Å². The number of benzene rings is 2. The van der Waals surface area contributed by atoms with Crippen LogP contribution in [-0.2, 0) is 27.2 Å². The molecule has 2 aromatic rings. The zero-order valence-electron chi connectivity index (χ0n) is 16.7. The summed E-state index contributed by atoms with van der Waals surface area (Å²) >= 11 is 0. The first-order valence-electron chi connectivity index (χ1n) is 9.44. The minimum atomic E-state index is -1.10. The molecule has 0 fully saturated rings. The molecule has 0 saturated heterocycles. The second-order valence-corrected chi connectivity index (χ2v) is 6.84. The summed E-state index contributed by atoms with van der Waals surface area (Å²) < 4.78 is 15.7. The Labute approximate surface area is 173 Å². The summed E-state index contributed by atoms with van der Waals surface area (Å²) in [4.78, 5) is 34.6. The van der Waals surface area contributed by atoms with Crippen molar-refractivity contribution in [1.29, 1.82) is 0 Å². The molecule has 2 aromatic carbocycles. The van der Waals surface area contributed by atoms with Crippen molar-refractivity contribution in [3.63, 3.8) is 0 Å². The third-order valence-electron chi connectivity index (χ3n) is 4.76. The molecule has 0 bridgehead atoms. The molecule has 1 amide bonds. The molecular formula is C21H22N2O7. The molecule has 1 atom stereocenters. The standard InChI is InChI=1S/C21H22N2O7/c1-13(21(25)22-18-9-7-16(23(26)27)11-19(18)28-2)30-20(24)12-29-17-8-6-14-4-3-5-15(14)10-17/h6-11,13H,3-5,12H2,1-2H3,(H,22,25)/t13-/m0/s1. The molecule has 9 heteroatoms. The van der Waals surface area contributed by atoms with E-state index in [9.17, 15) is 19.7 Å². The second kappa shape index (κ2) is 9.25. The van der Waals surface area contributed by atoms with Crippen LogP contribution in [0, 0.1) is 10.1 Å². The monoisotopic (exact) mass is 414 g/mol. The first-order valence-corrected chi connectivity index (χ1v) is 9.44. The van der Waals surface area contributed by atoms with Gasteiger partial charge in [-0.3, -0.25) is 14.9 Å². The largest absolute Gasteiger partial charge is 0.494 e. The van der Waals surface area contributed by atoms with Crippen LogP contribution in [0.4, 0.5) is 11.4 Å². The Morgan fingerprint density at radius 1 is 1.17 bits per heavy atom. The van der Waals surface area contributed by atoms with E-state index in [1.54, 1.807) is 0 Å². The van der Waals surface area contributed by atoms with Crippen molar-refractivity contribution in [3.05, 3.63) is 57.6 Å². The van der Waals surface area contributed by atoms with E-state index in [0.29, 0.717) is 5.75 Å². The van der Waals surface area contributed by atoms with Crippen LogP contribution in [-0.4, -0.2) is 36.6 Å². The molecule has 1 aliphatic carbocycles. The predicted octanol–water partition coefficient (Wildman–Crippen LogP) is 3.04. The Balaban J connectivity index is 1.52. The number of ether oxygens (including phenoxy) is 3. The van der Waals surface area contributed by atoms with E-state index in [1.807, 2.05) is 18.2 Å².